The third-order valence-corrected chi connectivity index (χ3v) is 5.15. The molecule has 0 aromatic carbocycles. The second-order valence-corrected chi connectivity index (χ2v) is 6.99. The van der Waals surface area contributed by atoms with Crippen molar-refractivity contribution in [2.45, 2.75) is 33.7 Å². The van der Waals surface area contributed by atoms with Crippen molar-refractivity contribution in [1.29, 1.82) is 0 Å². The summed E-state index contributed by atoms with van der Waals surface area (Å²) in [6, 6.07) is 0. The fourth-order valence-corrected chi connectivity index (χ4v) is 3.89. The van der Waals surface area contributed by atoms with Crippen LogP contribution >= 0.6 is 11.3 Å². The van der Waals surface area contributed by atoms with E-state index < -0.39 is 0 Å². The minimum absolute atomic E-state index is 0.204. The van der Waals surface area contributed by atoms with E-state index in [1.54, 1.807) is 11.3 Å². The maximum atomic E-state index is 11.9. The number of likely N-dealkylation sites (tertiary alicyclic amines) is 1. The van der Waals surface area contributed by atoms with Gasteiger partial charge in [-0.05, 0) is 25.3 Å². The highest BCUT2D eigenvalue weighted by Gasteiger charge is 2.27. The van der Waals surface area contributed by atoms with Gasteiger partial charge in [-0.25, -0.2) is 9.97 Å². The van der Waals surface area contributed by atoms with Crippen LogP contribution in [0, 0.1) is 19.8 Å². The largest absolute Gasteiger partial charge is 0.372 e. The summed E-state index contributed by atoms with van der Waals surface area (Å²) in [5.41, 5.74) is 1.23. The third-order valence-electron chi connectivity index (χ3n) is 4.05. The van der Waals surface area contributed by atoms with Gasteiger partial charge in [-0.2, -0.15) is 0 Å². The summed E-state index contributed by atoms with van der Waals surface area (Å²) in [6.45, 7) is 7.62. The molecule has 1 unspecified atom stereocenters. The molecule has 21 heavy (non-hydrogen) atoms. The first-order valence-corrected chi connectivity index (χ1v) is 8.03. The minimum atomic E-state index is 0.204. The molecule has 3 heterocycles. The maximum Gasteiger partial charge on any atom is 0.223 e. The molecule has 0 aliphatic carbocycles. The lowest BCUT2D eigenvalue weighted by molar-refractivity contribution is -0.128. The number of thiophene rings is 1. The van der Waals surface area contributed by atoms with Crippen LogP contribution in [-0.4, -0.2) is 34.4 Å². The molecule has 0 spiro atoms. The van der Waals surface area contributed by atoms with Gasteiger partial charge in [-0.1, -0.05) is 6.92 Å². The van der Waals surface area contributed by atoms with Gasteiger partial charge < -0.3 is 10.2 Å². The van der Waals surface area contributed by atoms with Crippen molar-refractivity contribution in [1.82, 2.24) is 14.9 Å². The molecule has 6 heteroatoms. The van der Waals surface area contributed by atoms with Crippen LogP contribution in [0.2, 0.25) is 0 Å². The summed E-state index contributed by atoms with van der Waals surface area (Å²) in [4.78, 5) is 25.3. The van der Waals surface area contributed by atoms with Gasteiger partial charge in [-0.15, -0.1) is 11.3 Å². The Labute approximate surface area is 128 Å². The highest BCUT2D eigenvalue weighted by molar-refractivity contribution is 7.18. The average molecular weight is 304 g/mol. The number of anilines is 1. The topological polar surface area (TPSA) is 58.1 Å². The molecule has 1 saturated heterocycles. The number of hydrogen-bond acceptors (Lipinski definition) is 5. The van der Waals surface area contributed by atoms with Crippen molar-refractivity contribution in [3.63, 3.8) is 0 Å². The fraction of sp³-hybridized carbons (Fsp3) is 0.533. The predicted molar refractivity (Wildman–Crippen MR) is 85.6 cm³/mol. The zero-order chi connectivity index (χ0) is 15.1. The number of aromatic nitrogens is 2. The molecule has 1 aliphatic heterocycles. The number of rotatable bonds is 3. The predicted octanol–water partition coefficient (Wildman–Crippen LogP) is 2.72. The van der Waals surface area contributed by atoms with E-state index in [0.29, 0.717) is 18.9 Å². The summed E-state index contributed by atoms with van der Waals surface area (Å²) in [6.07, 6.45) is 0.637. The Morgan fingerprint density at radius 2 is 2.14 bits per heavy atom. The van der Waals surface area contributed by atoms with Crippen LogP contribution in [0.25, 0.3) is 10.2 Å². The molecule has 1 amide bonds. The first-order valence-electron chi connectivity index (χ1n) is 7.21. The first kappa shape index (κ1) is 14.3. The number of carbonyl (C=O) groups excluding carboxylic acids is 1. The molecule has 2 aromatic rings. The average Bonchev–Trinajstić information content (AvgIpc) is 2.89. The molecule has 1 atom stereocenters. The summed E-state index contributed by atoms with van der Waals surface area (Å²) in [5.74, 6) is 2.21. The van der Waals surface area contributed by atoms with Crippen molar-refractivity contribution >= 4 is 33.3 Å². The molecule has 1 N–H and O–H groups in total. The molecule has 2 aromatic heterocycles. The van der Waals surface area contributed by atoms with Gasteiger partial charge in [0.25, 0.3) is 0 Å². The molecule has 0 bridgehead atoms. The van der Waals surface area contributed by atoms with E-state index in [1.165, 1.54) is 10.4 Å². The van der Waals surface area contributed by atoms with E-state index in [9.17, 15) is 4.79 Å². The van der Waals surface area contributed by atoms with Gasteiger partial charge in [0.15, 0.2) is 5.82 Å². The van der Waals surface area contributed by atoms with E-state index in [0.717, 1.165) is 28.4 Å². The summed E-state index contributed by atoms with van der Waals surface area (Å²) < 4.78 is 0. The van der Waals surface area contributed by atoms with E-state index in [-0.39, 0.29) is 5.91 Å². The number of fused-ring (bicyclic) bond motifs is 1. The van der Waals surface area contributed by atoms with Crippen LogP contribution in [0.3, 0.4) is 0 Å². The van der Waals surface area contributed by atoms with Gasteiger partial charge >= 0.3 is 0 Å². The molecular weight excluding hydrogens is 284 g/mol. The molecule has 112 valence electrons. The summed E-state index contributed by atoms with van der Waals surface area (Å²) in [7, 11) is 1.88. The van der Waals surface area contributed by atoms with Gasteiger partial charge in [0.2, 0.25) is 5.91 Å². The molecule has 0 saturated carbocycles. The zero-order valence-electron chi connectivity index (χ0n) is 12.9. The molecule has 3 rings (SSSR count). The number of carbonyl (C=O) groups is 1. The van der Waals surface area contributed by atoms with Crippen LogP contribution in [-0.2, 0) is 11.3 Å². The summed E-state index contributed by atoms with van der Waals surface area (Å²) in [5, 5.41) is 4.26. The lowest BCUT2D eigenvalue weighted by Gasteiger charge is -2.15. The fourth-order valence-electron chi connectivity index (χ4n) is 2.84. The van der Waals surface area contributed by atoms with Crippen LogP contribution in [0.15, 0.2) is 0 Å². The van der Waals surface area contributed by atoms with Gasteiger partial charge in [0, 0.05) is 24.9 Å². The number of nitrogens with zero attached hydrogens (tertiary/aromatic N) is 3. The highest BCUT2D eigenvalue weighted by Crippen LogP contribution is 2.33. The number of nitrogens with one attached hydrogen (secondary N) is 1. The van der Waals surface area contributed by atoms with Crippen LogP contribution in [0.5, 0.6) is 0 Å². The standard InChI is InChI=1S/C15H20N4OS/c1-8-5-12(20)19(6-8)7-11-17-14(16-4)13-9(2)10(3)21-15(13)18-11/h8H,5-7H2,1-4H3,(H,16,17,18). The van der Waals surface area contributed by atoms with Crippen LogP contribution in [0.4, 0.5) is 5.82 Å². The van der Waals surface area contributed by atoms with E-state index in [1.807, 2.05) is 11.9 Å². The Kier molecular flexibility index (Phi) is 3.57. The second kappa shape index (κ2) is 5.26. The maximum absolute atomic E-state index is 11.9. The Morgan fingerprint density at radius 1 is 1.38 bits per heavy atom. The Hall–Kier alpha value is -1.69. The van der Waals surface area contributed by atoms with Crippen molar-refractivity contribution in [3.8, 4) is 0 Å². The third kappa shape index (κ3) is 2.48. The SMILES string of the molecule is CNc1nc(CN2CC(C)CC2=O)nc2sc(C)c(C)c12. The lowest BCUT2D eigenvalue weighted by Crippen LogP contribution is -2.25. The first-order chi connectivity index (χ1) is 9.99. The molecule has 1 fully saturated rings. The van der Waals surface area contributed by atoms with E-state index in [4.69, 9.17) is 0 Å². The highest BCUT2D eigenvalue weighted by atomic mass is 32.1. The Balaban J connectivity index is 1.98. The Bertz CT molecular complexity index is 709. The zero-order valence-corrected chi connectivity index (χ0v) is 13.7. The van der Waals surface area contributed by atoms with Gasteiger partial charge in [0.1, 0.15) is 10.6 Å². The molecule has 5 nitrogen and oxygen atoms in total. The monoisotopic (exact) mass is 304 g/mol. The van der Waals surface area contributed by atoms with Gasteiger partial charge in [0.05, 0.1) is 11.9 Å². The van der Waals surface area contributed by atoms with Gasteiger partial charge in [-0.3, -0.25) is 4.79 Å². The Morgan fingerprint density at radius 3 is 2.76 bits per heavy atom. The van der Waals surface area contributed by atoms with Crippen molar-refractivity contribution in [2.75, 3.05) is 18.9 Å². The van der Waals surface area contributed by atoms with Crippen LogP contribution in [0.1, 0.15) is 29.6 Å². The second-order valence-electron chi connectivity index (χ2n) is 5.79. The van der Waals surface area contributed by atoms with Crippen molar-refractivity contribution in [2.24, 2.45) is 5.92 Å². The minimum Gasteiger partial charge on any atom is -0.372 e. The quantitative estimate of drug-likeness (QED) is 0.947. The van der Waals surface area contributed by atoms with Crippen LogP contribution < -0.4 is 5.32 Å². The number of aryl methyl sites for hydroxylation is 2. The molecular formula is C15H20N4OS. The molecule has 1 aliphatic rings. The van der Waals surface area contributed by atoms with Crippen molar-refractivity contribution in [3.05, 3.63) is 16.3 Å². The summed E-state index contributed by atoms with van der Waals surface area (Å²) >= 11 is 1.69. The number of hydrogen-bond donors (Lipinski definition) is 1. The number of amides is 1. The van der Waals surface area contributed by atoms with Crippen molar-refractivity contribution < 1.29 is 4.79 Å². The van der Waals surface area contributed by atoms with E-state index >= 15 is 0 Å². The normalized spacial score (nSPS) is 18.8. The van der Waals surface area contributed by atoms with E-state index in [2.05, 4.69) is 36.1 Å². The lowest BCUT2D eigenvalue weighted by atomic mass is 10.2. The molecule has 0 radical (unpaired) electrons. The smallest absolute Gasteiger partial charge is 0.223 e.